The fourth-order valence-electron chi connectivity index (χ4n) is 2.20. The molecule has 0 bridgehead atoms. The van der Waals surface area contributed by atoms with Crippen LogP contribution < -0.4 is 9.62 Å². The number of aryl methyl sites for hydroxylation is 3. The Bertz CT molecular complexity index is 843. The van der Waals surface area contributed by atoms with Crippen molar-refractivity contribution >= 4 is 27.4 Å². The van der Waals surface area contributed by atoms with Gasteiger partial charge < -0.3 is 9.84 Å². The first-order chi connectivity index (χ1) is 11.2. The Morgan fingerprint density at radius 1 is 1.21 bits per heavy atom. The van der Waals surface area contributed by atoms with Gasteiger partial charge in [0.15, 0.2) is 5.82 Å². The van der Waals surface area contributed by atoms with E-state index < -0.39 is 10.0 Å². The second kappa shape index (κ2) is 7.04. The van der Waals surface area contributed by atoms with Gasteiger partial charge in [-0.05, 0) is 44.0 Å². The summed E-state index contributed by atoms with van der Waals surface area (Å²) < 4.78 is 30.2. The van der Waals surface area contributed by atoms with E-state index in [-0.39, 0.29) is 18.9 Å². The van der Waals surface area contributed by atoms with Crippen molar-refractivity contribution in [2.24, 2.45) is 0 Å². The van der Waals surface area contributed by atoms with Crippen LogP contribution in [0, 0.1) is 20.8 Å². The molecule has 1 N–H and O–H groups in total. The number of hydrogen-bond donors (Lipinski definition) is 1. The molecule has 1 heterocycles. The largest absolute Gasteiger partial charge is 0.360 e. The van der Waals surface area contributed by atoms with Crippen LogP contribution in [0.3, 0.4) is 0 Å². The van der Waals surface area contributed by atoms with Crippen LogP contribution in [0.2, 0.25) is 0 Å². The predicted molar refractivity (Wildman–Crippen MR) is 92.6 cm³/mol. The highest BCUT2D eigenvalue weighted by Gasteiger charge is 2.19. The number of hydrogen-bond acceptors (Lipinski definition) is 5. The summed E-state index contributed by atoms with van der Waals surface area (Å²) in [6.45, 7) is 5.63. The van der Waals surface area contributed by atoms with Gasteiger partial charge in [0.25, 0.3) is 0 Å². The molecular weight excluding hydrogens is 330 g/mol. The van der Waals surface area contributed by atoms with E-state index in [4.69, 9.17) is 4.52 Å². The minimum Gasteiger partial charge on any atom is -0.360 e. The average molecular weight is 351 g/mol. The van der Waals surface area contributed by atoms with Crippen LogP contribution in [0.1, 0.15) is 23.3 Å². The molecule has 0 atom stereocenters. The van der Waals surface area contributed by atoms with Gasteiger partial charge in [0.05, 0.1) is 11.9 Å². The van der Waals surface area contributed by atoms with E-state index in [2.05, 4.69) is 10.5 Å². The quantitative estimate of drug-likeness (QED) is 0.862. The molecule has 0 fully saturated rings. The zero-order valence-corrected chi connectivity index (χ0v) is 15.0. The Hall–Kier alpha value is -2.35. The molecule has 1 aromatic heterocycles. The van der Waals surface area contributed by atoms with Crippen LogP contribution in [-0.4, -0.2) is 32.3 Å². The highest BCUT2D eigenvalue weighted by Crippen LogP contribution is 2.21. The molecule has 1 amide bonds. The second-order valence-electron chi connectivity index (χ2n) is 5.72. The van der Waals surface area contributed by atoms with Crippen LogP contribution in [0.25, 0.3) is 0 Å². The highest BCUT2D eigenvalue weighted by atomic mass is 32.2. The lowest BCUT2D eigenvalue weighted by atomic mass is 10.1. The first-order valence-corrected chi connectivity index (χ1v) is 9.30. The van der Waals surface area contributed by atoms with Crippen molar-refractivity contribution in [1.29, 1.82) is 0 Å². The summed E-state index contributed by atoms with van der Waals surface area (Å²) in [7, 11) is -3.49. The maximum atomic E-state index is 12.1. The Morgan fingerprint density at radius 3 is 2.46 bits per heavy atom. The van der Waals surface area contributed by atoms with E-state index in [1.807, 2.05) is 19.9 Å². The fraction of sp³-hybridized carbons (Fsp3) is 0.375. The molecule has 0 radical (unpaired) electrons. The molecule has 2 rings (SSSR count). The van der Waals surface area contributed by atoms with Crippen molar-refractivity contribution in [1.82, 2.24) is 5.16 Å². The summed E-state index contributed by atoms with van der Waals surface area (Å²) in [5.41, 5.74) is 2.61. The van der Waals surface area contributed by atoms with E-state index in [9.17, 15) is 13.2 Å². The summed E-state index contributed by atoms with van der Waals surface area (Å²) in [6.07, 6.45) is 1.13. The maximum absolute atomic E-state index is 12.1. The van der Waals surface area contributed by atoms with Gasteiger partial charge in [0, 0.05) is 19.0 Å². The molecule has 0 unspecified atom stereocenters. The van der Waals surface area contributed by atoms with Gasteiger partial charge in [-0.3, -0.25) is 9.10 Å². The first kappa shape index (κ1) is 18.0. The zero-order valence-electron chi connectivity index (χ0n) is 14.2. The normalized spacial score (nSPS) is 11.3. The van der Waals surface area contributed by atoms with Gasteiger partial charge in [-0.1, -0.05) is 11.2 Å². The van der Waals surface area contributed by atoms with E-state index in [0.717, 1.165) is 17.4 Å². The van der Waals surface area contributed by atoms with Gasteiger partial charge in [-0.15, -0.1) is 0 Å². The van der Waals surface area contributed by atoms with Crippen molar-refractivity contribution in [3.8, 4) is 0 Å². The number of nitrogens with zero attached hydrogens (tertiary/aromatic N) is 2. The maximum Gasteiger partial charge on any atom is 0.232 e. The number of amides is 1. The van der Waals surface area contributed by atoms with Crippen LogP contribution in [0.5, 0.6) is 0 Å². The Balaban J connectivity index is 2.09. The van der Waals surface area contributed by atoms with Gasteiger partial charge in [0.1, 0.15) is 5.76 Å². The van der Waals surface area contributed by atoms with Crippen molar-refractivity contribution in [3.05, 3.63) is 41.2 Å². The van der Waals surface area contributed by atoms with Crippen molar-refractivity contribution in [2.45, 2.75) is 27.2 Å². The minimum atomic E-state index is -3.49. The van der Waals surface area contributed by atoms with Crippen molar-refractivity contribution in [2.75, 3.05) is 22.4 Å². The standard InChI is InChI=1S/C16H21N3O4S/c1-11-5-6-14(9-12(11)2)19(24(4,21)22)8-7-16(20)17-15-10-13(3)23-18-15/h5-6,9-10H,7-8H2,1-4H3,(H,17,18,20). The lowest BCUT2D eigenvalue weighted by Gasteiger charge is -2.23. The third-order valence-corrected chi connectivity index (χ3v) is 4.81. The minimum absolute atomic E-state index is 0.00585. The van der Waals surface area contributed by atoms with Gasteiger partial charge in [-0.25, -0.2) is 8.42 Å². The summed E-state index contributed by atoms with van der Waals surface area (Å²) in [5.74, 6) is 0.563. The molecule has 0 saturated carbocycles. The summed E-state index contributed by atoms with van der Waals surface area (Å²) in [5, 5.41) is 6.25. The topological polar surface area (TPSA) is 92.5 Å². The molecule has 0 aliphatic heterocycles. The number of benzene rings is 1. The number of nitrogens with one attached hydrogen (secondary N) is 1. The lowest BCUT2D eigenvalue weighted by Crippen LogP contribution is -2.33. The molecule has 130 valence electrons. The molecule has 0 spiro atoms. The lowest BCUT2D eigenvalue weighted by molar-refractivity contribution is -0.116. The van der Waals surface area contributed by atoms with Crippen molar-refractivity contribution < 1.29 is 17.7 Å². The molecule has 8 heteroatoms. The molecule has 0 aliphatic carbocycles. The summed E-state index contributed by atoms with van der Waals surface area (Å²) in [4.78, 5) is 12.0. The van der Waals surface area contributed by atoms with E-state index in [0.29, 0.717) is 17.3 Å². The second-order valence-corrected chi connectivity index (χ2v) is 7.63. The molecule has 24 heavy (non-hydrogen) atoms. The zero-order chi connectivity index (χ0) is 17.9. The first-order valence-electron chi connectivity index (χ1n) is 7.45. The fourth-order valence-corrected chi connectivity index (χ4v) is 3.12. The number of carbonyl (C=O) groups is 1. The number of anilines is 2. The highest BCUT2D eigenvalue weighted by molar-refractivity contribution is 7.92. The number of aromatic nitrogens is 1. The third kappa shape index (κ3) is 4.58. The Kier molecular flexibility index (Phi) is 5.28. The Labute approximate surface area is 141 Å². The molecular formula is C16H21N3O4S. The SMILES string of the molecule is Cc1cc(NC(=O)CCN(c2ccc(C)c(C)c2)S(C)(=O)=O)no1. The van der Waals surface area contributed by atoms with Crippen molar-refractivity contribution in [3.63, 3.8) is 0 Å². The Morgan fingerprint density at radius 2 is 1.92 bits per heavy atom. The van der Waals surface area contributed by atoms with E-state index >= 15 is 0 Å². The number of rotatable bonds is 6. The van der Waals surface area contributed by atoms with Gasteiger partial charge in [0.2, 0.25) is 15.9 Å². The summed E-state index contributed by atoms with van der Waals surface area (Å²) in [6, 6.07) is 6.99. The molecule has 2 aromatic rings. The molecule has 0 aliphatic rings. The van der Waals surface area contributed by atoms with Crippen LogP contribution in [0.4, 0.5) is 11.5 Å². The van der Waals surface area contributed by atoms with Crippen LogP contribution in [0.15, 0.2) is 28.8 Å². The molecule has 1 aromatic carbocycles. The average Bonchev–Trinajstić information content (AvgIpc) is 2.86. The van der Waals surface area contributed by atoms with Gasteiger partial charge >= 0.3 is 0 Å². The predicted octanol–water partition coefficient (Wildman–Crippen LogP) is 2.39. The molecule has 7 nitrogen and oxygen atoms in total. The monoisotopic (exact) mass is 351 g/mol. The van der Waals surface area contributed by atoms with E-state index in [1.54, 1.807) is 25.1 Å². The summed E-state index contributed by atoms with van der Waals surface area (Å²) >= 11 is 0. The van der Waals surface area contributed by atoms with E-state index in [1.165, 1.54) is 4.31 Å². The smallest absolute Gasteiger partial charge is 0.232 e. The molecule has 0 saturated heterocycles. The van der Waals surface area contributed by atoms with Crippen LogP contribution in [-0.2, 0) is 14.8 Å². The number of sulfonamides is 1. The number of carbonyl (C=O) groups excluding carboxylic acids is 1. The third-order valence-electron chi connectivity index (χ3n) is 3.62. The van der Waals surface area contributed by atoms with Gasteiger partial charge in [-0.2, -0.15) is 0 Å². The van der Waals surface area contributed by atoms with Crippen LogP contribution >= 0.6 is 0 Å².